The second-order valence-electron chi connectivity index (χ2n) is 5.79. The minimum absolute atomic E-state index is 0.0279. The van der Waals surface area contributed by atoms with E-state index < -0.39 is 0 Å². The molecule has 3 nitrogen and oxygen atoms in total. The van der Waals surface area contributed by atoms with Gasteiger partial charge in [-0.25, -0.2) is 0 Å². The SMILES string of the molecule is CCc1ccc(C(=O)N2CCC(=O)CC2(C)C)cc1. The van der Waals surface area contributed by atoms with Gasteiger partial charge < -0.3 is 4.90 Å². The molecule has 0 N–H and O–H groups in total. The molecule has 1 fully saturated rings. The van der Waals surface area contributed by atoms with Crippen molar-refractivity contribution >= 4 is 11.7 Å². The van der Waals surface area contributed by atoms with E-state index >= 15 is 0 Å². The Balaban J connectivity index is 2.20. The van der Waals surface area contributed by atoms with Crippen molar-refractivity contribution in [1.82, 2.24) is 4.90 Å². The predicted molar refractivity (Wildman–Crippen MR) is 75.2 cm³/mol. The summed E-state index contributed by atoms with van der Waals surface area (Å²) in [5.41, 5.74) is 1.56. The standard InChI is InChI=1S/C16H21NO2/c1-4-12-5-7-13(8-6-12)15(19)17-10-9-14(18)11-16(17,2)3/h5-8H,4,9-11H2,1-3H3. The molecule has 0 unspecified atom stereocenters. The molecule has 3 heteroatoms. The minimum atomic E-state index is -0.379. The summed E-state index contributed by atoms with van der Waals surface area (Å²) in [6, 6.07) is 7.76. The summed E-state index contributed by atoms with van der Waals surface area (Å²) < 4.78 is 0. The zero-order valence-electron chi connectivity index (χ0n) is 11.9. The fraction of sp³-hybridized carbons (Fsp3) is 0.500. The maximum Gasteiger partial charge on any atom is 0.254 e. The molecule has 1 aliphatic heterocycles. The Hall–Kier alpha value is -1.64. The maximum absolute atomic E-state index is 12.5. The summed E-state index contributed by atoms with van der Waals surface area (Å²) in [6.45, 7) is 6.54. The molecule has 2 rings (SSSR count). The molecule has 0 aromatic heterocycles. The fourth-order valence-corrected chi connectivity index (χ4v) is 2.62. The maximum atomic E-state index is 12.5. The van der Waals surface area contributed by atoms with Gasteiger partial charge in [0.15, 0.2) is 0 Å². The van der Waals surface area contributed by atoms with Crippen molar-refractivity contribution < 1.29 is 9.59 Å². The van der Waals surface area contributed by atoms with Gasteiger partial charge in [-0.15, -0.1) is 0 Å². The van der Waals surface area contributed by atoms with Gasteiger partial charge in [0.05, 0.1) is 0 Å². The lowest BCUT2D eigenvalue weighted by molar-refractivity contribution is -0.124. The first kappa shape index (κ1) is 13.8. The molecule has 1 amide bonds. The molecule has 1 aromatic carbocycles. The van der Waals surface area contributed by atoms with Crippen LogP contribution < -0.4 is 0 Å². The highest BCUT2D eigenvalue weighted by Gasteiger charge is 2.37. The summed E-state index contributed by atoms with van der Waals surface area (Å²) in [5.74, 6) is 0.274. The zero-order chi connectivity index (χ0) is 14.0. The number of aryl methyl sites for hydroxylation is 1. The second-order valence-corrected chi connectivity index (χ2v) is 5.79. The van der Waals surface area contributed by atoms with Crippen LogP contribution in [0.3, 0.4) is 0 Å². The van der Waals surface area contributed by atoms with Gasteiger partial charge in [-0.1, -0.05) is 19.1 Å². The quantitative estimate of drug-likeness (QED) is 0.819. The number of amides is 1. The lowest BCUT2D eigenvalue weighted by Crippen LogP contribution is -2.53. The van der Waals surface area contributed by atoms with E-state index in [0.29, 0.717) is 24.9 Å². The number of hydrogen-bond donors (Lipinski definition) is 0. The number of carbonyl (C=O) groups excluding carboxylic acids is 2. The molecule has 0 spiro atoms. The normalized spacial score (nSPS) is 18.5. The monoisotopic (exact) mass is 259 g/mol. The topological polar surface area (TPSA) is 37.4 Å². The molecule has 0 atom stereocenters. The van der Waals surface area contributed by atoms with E-state index in [1.807, 2.05) is 43.0 Å². The Bertz CT molecular complexity index is 488. The van der Waals surface area contributed by atoms with Crippen molar-refractivity contribution in [2.75, 3.05) is 6.54 Å². The van der Waals surface area contributed by atoms with Crippen LogP contribution in [-0.4, -0.2) is 28.7 Å². The van der Waals surface area contributed by atoms with Crippen LogP contribution in [-0.2, 0) is 11.2 Å². The van der Waals surface area contributed by atoms with Crippen LogP contribution in [0.15, 0.2) is 24.3 Å². The number of ketones is 1. The molecule has 102 valence electrons. The summed E-state index contributed by atoms with van der Waals surface area (Å²) >= 11 is 0. The van der Waals surface area contributed by atoms with Gasteiger partial charge in [0.25, 0.3) is 5.91 Å². The third kappa shape index (κ3) is 2.86. The number of carbonyl (C=O) groups is 2. The Morgan fingerprint density at radius 3 is 2.42 bits per heavy atom. The van der Waals surface area contributed by atoms with E-state index in [-0.39, 0.29) is 17.2 Å². The number of nitrogens with zero attached hydrogens (tertiary/aromatic N) is 1. The molecule has 0 saturated carbocycles. The third-order valence-electron chi connectivity index (χ3n) is 3.83. The van der Waals surface area contributed by atoms with Crippen molar-refractivity contribution in [2.45, 2.75) is 45.6 Å². The van der Waals surface area contributed by atoms with E-state index in [0.717, 1.165) is 6.42 Å². The molecule has 1 aromatic rings. The van der Waals surface area contributed by atoms with Gasteiger partial charge in [0.2, 0.25) is 0 Å². The average molecular weight is 259 g/mol. The van der Waals surface area contributed by atoms with Crippen molar-refractivity contribution in [3.8, 4) is 0 Å². The smallest absolute Gasteiger partial charge is 0.254 e. The molecule has 0 bridgehead atoms. The first-order valence-corrected chi connectivity index (χ1v) is 6.86. The largest absolute Gasteiger partial charge is 0.333 e. The fourth-order valence-electron chi connectivity index (χ4n) is 2.62. The Kier molecular flexibility index (Phi) is 3.74. The predicted octanol–water partition coefficient (Wildman–Crippen LogP) is 2.83. The van der Waals surface area contributed by atoms with Crippen molar-refractivity contribution in [3.05, 3.63) is 35.4 Å². The van der Waals surface area contributed by atoms with Crippen LogP contribution in [0.1, 0.15) is 49.5 Å². The van der Waals surface area contributed by atoms with Gasteiger partial charge in [0.1, 0.15) is 5.78 Å². The lowest BCUT2D eigenvalue weighted by Gasteiger charge is -2.41. The van der Waals surface area contributed by atoms with Crippen molar-refractivity contribution in [2.24, 2.45) is 0 Å². The van der Waals surface area contributed by atoms with Crippen LogP contribution in [0, 0.1) is 0 Å². The lowest BCUT2D eigenvalue weighted by atomic mass is 9.89. The molecular formula is C16H21NO2. The highest BCUT2D eigenvalue weighted by atomic mass is 16.2. The number of likely N-dealkylation sites (tertiary alicyclic amines) is 1. The summed E-state index contributed by atoms with van der Waals surface area (Å²) in [6.07, 6.45) is 1.90. The number of hydrogen-bond acceptors (Lipinski definition) is 2. The van der Waals surface area contributed by atoms with E-state index in [1.165, 1.54) is 5.56 Å². The minimum Gasteiger partial charge on any atom is -0.333 e. The van der Waals surface area contributed by atoms with Gasteiger partial charge in [-0.2, -0.15) is 0 Å². The zero-order valence-corrected chi connectivity index (χ0v) is 11.9. The van der Waals surface area contributed by atoms with Gasteiger partial charge in [-0.3, -0.25) is 9.59 Å². The van der Waals surface area contributed by atoms with Crippen molar-refractivity contribution in [1.29, 1.82) is 0 Å². The Morgan fingerprint density at radius 1 is 1.26 bits per heavy atom. The number of benzene rings is 1. The van der Waals surface area contributed by atoms with Gasteiger partial charge in [-0.05, 0) is 38.0 Å². The van der Waals surface area contributed by atoms with Gasteiger partial charge >= 0.3 is 0 Å². The molecule has 1 aliphatic rings. The van der Waals surface area contributed by atoms with Crippen LogP contribution in [0.5, 0.6) is 0 Å². The van der Waals surface area contributed by atoms with E-state index in [2.05, 4.69) is 6.92 Å². The van der Waals surface area contributed by atoms with Crippen LogP contribution >= 0.6 is 0 Å². The molecule has 1 saturated heterocycles. The summed E-state index contributed by atoms with van der Waals surface area (Å²) in [7, 11) is 0. The highest BCUT2D eigenvalue weighted by molar-refractivity contribution is 5.96. The van der Waals surface area contributed by atoms with E-state index in [1.54, 1.807) is 0 Å². The average Bonchev–Trinajstić information content (AvgIpc) is 2.37. The molecule has 1 heterocycles. The number of piperidine rings is 1. The number of Topliss-reactive ketones (excluding diaryl/α,β-unsaturated/α-hetero) is 1. The molecule has 0 aliphatic carbocycles. The third-order valence-corrected chi connectivity index (χ3v) is 3.83. The Labute approximate surface area is 114 Å². The van der Waals surface area contributed by atoms with E-state index in [9.17, 15) is 9.59 Å². The van der Waals surface area contributed by atoms with Crippen molar-refractivity contribution in [3.63, 3.8) is 0 Å². The molecule has 19 heavy (non-hydrogen) atoms. The first-order valence-electron chi connectivity index (χ1n) is 6.86. The Morgan fingerprint density at radius 2 is 1.89 bits per heavy atom. The second kappa shape index (κ2) is 5.16. The summed E-state index contributed by atoms with van der Waals surface area (Å²) in [5, 5.41) is 0. The van der Waals surface area contributed by atoms with Crippen LogP contribution in [0.4, 0.5) is 0 Å². The summed E-state index contributed by atoms with van der Waals surface area (Å²) in [4.78, 5) is 25.9. The van der Waals surface area contributed by atoms with E-state index in [4.69, 9.17) is 0 Å². The van der Waals surface area contributed by atoms with Crippen LogP contribution in [0.2, 0.25) is 0 Å². The van der Waals surface area contributed by atoms with Gasteiger partial charge in [0, 0.05) is 30.5 Å². The molecular weight excluding hydrogens is 238 g/mol. The number of rotatable bonds is 2. The molecule has 0 radical (unpaired) electrons. The highest BCUT2D eigenvalue weighted by Crippen LogP contribution is 2.27. The van der Waals surface area contributed by atoms with Crippen LogP contribution in [0.25, 0.3) is 0 Å². The first-order chi connectivity index (χ1) is 8.94.